The fourth-order valence-corrected chi connectivity index (χ4v) is 3.33. The molecule has 0 spiro atoms. The van der Waals surface area contributed by atoms with Gasteiger partial charge in [-0.1, -0.05) is 23.7 Å². The summed E-state index contributed by atoms with van der Waals surface area (Å²) in [5.41, 5.74) is 2.77. The summed E-state index contributed by atoms with van der Waals surface area (Å²) in [4.78, 5) is 14.3. The van der Waals surface area contributed by atoms with Crippen molar-refractivity contribution in [2.45, 2.75) is 0 Å². The van der Waals surface area contributed by atoms with Crippen LogP contribution < -0.4 is 10.2 Å². The summed E-state index contributed by atoms with van der Waals surface area (Å²) in [5.74, 6) is -0.180. The summed E-state index contributed by atoms with van der Waals surface area (Å²) >= 11 is 9.44. The van der Waals surface area contributed by atoms with Crippen LogP contribution in [0.2, 0.25) is 5.02 Å². The van der Waals surface area contributed by atoms with Gasteiger partial charge >= 0.3 is 0 Å². The zero-order chi connectivity index (χ0) is 17.6. The van der Waals surface area contributed by atoms with Crippen LogP contribution >= 0.6 is 27.5 Å². The van der Waals surface area contributed by atoms with Gasteiger partial charge < -0.3 is 15.0 Å². The Kier molecular flexibility index (Phi) is 6.13. The van der Waals surface area contributed by atoms with E-state index in [-0.39, 0.29) is 5.91 Å². The molecule has 25 heavy (non-hydrogen) atoms. The van der Waals surface area contributed by atoms with Crippen LogP contribution in [-0.2, 0) is 9.53 Å². The second-order valence-electron chi connectivity index (χ2n) is 5.64. The average Bonchev–Trinajstić information content (AvgIpc) is 2.62. The van der Waals surface area contributed by atoms with E-state index in [1.54, 1.807) is 18.2 Å². The van der Waals surface area contributed by atoms with Gasteiger partial charge in [-0.25, -0.2) is 0 Å². The molecule has 0 bridgehead atoms. The van der Waals surface area contributed by atoms with E-state index in [1.165, 1.54) is 6.08 Å². The quantitative estimate of drug-likeness (QED) is 0.734. The highest BCUT2D eigenvalue weighted by molar-refractivity contribution is 9.10. The van der Waals surface area contributed by atoms with E-state index >= 15 is 0 Å². The molecule has 0 atom stereocenters. The molecule has 1 fully saturated rings. The van der Waals surface area contributed by atoms with E-state index in [0.29, 0.717) is 5.02 Å². The van der Waals surface area contributed by atoms with Gasteiger partial charge in [-0.2, -0.15) is 0 Å². The molecule has 1 N–H and O–H groups in total. The fourth-order valence-electron chi connectivity index (χ4n) is 2.58. The predicted molar refractivity (Wildman–Crippen MR) is 106 cm³/mol. The largest absolute Gasteiger partial charge is 0.378 e. The third kappa shape index (κ3) is 5.08. The number of anilines is 2. The molecule has 0 radical (unpaired) electrons. The maximum Gasteiger partial charge on any atom is 0.248 e. The van der Waals surface area contributed by atoms with Crippen molar-refractivity contribution in [1.29, 1.82) is 0 Å². The van der Waals surface area contributed by atoms with Crippen molar-refractivity contribution >= 4 is 50.9 Å². The molecule has 2 aromatic carbocycles. The van der Waals surface area contributed by atoms with Gasteiger partial charge in [0, 0.05) is 34.3 Å². The van der Waals surface area contributed by atoms with E-state index in [9.17, 15) is 4.79 Å². The molecule has 0 unspecified atom stereocenters. The van der Waals surface area contributed by atoms with Crippen LogP contribution in [-0.4, -0.2) is 32.2 Å². The molecule has 6 heteroatoms. The number of rotatable bonds is 4. The molecular weight excluding hydrogens is 404 g/mol. The van der Waals surface area contributed by atoms with Crippen LogP contribution in [0, 0.1) is 0 Å². The fraction of sp³-hybridized carbons (Fsp3) is 0.211. The van der Waals surface area contributed by atoms with Crippen LogP contribution in [0.15, 0.2) is 53.0 Å². The van der Waals surface area contributed by atoms with E-state index < -0.39 is 0 Å². The van der Waals surface area contributed by atoms with Crippen molar-refractivity contribution in [1.82, 2.24) is 0 Å². The number of benzene rings is 2. The lowest BCUT2D eigenvalue weighted by molar-refractivity contribution is -0.111. The van der Waals surface area contributed by atoms with Crippen molar-refractivity contribution in [3.05, 3.63) is 63.6 Å². The molecule has 4 nitrogen and oxygen atoms in total. The first kappa shape index (κ1) is 18.0. The van der Waals surface area contributed by atoms with Gasteiger partial charge in [0.05, 0.1) is 18.9 Å². The number of carbonyl (C=O) groups is 1. The maximum absolute atomic E-state index is 12.1. The number of ether oxygens (including phenoxy) is 1. The monoisotopic (exact) mass is 420 g/mol. The Labute approximate surface area is 160 Å². The van der Waals surface area contributed by atoms with Crippen LogP contribution in [0.4, 0.5) is 11.4 Å². The van der Waals surface area contributed by atoms with Gasteiger partial charge in [-0.15, -0.1) is 0 Å². The molecule has 1 amide bonds. The molecule has 3 rings (SSSR count). The standard InChI is InChI=1S/C19H18BrClN2O2/c20-17-13-16(6-7-18(17)23-9-11-25-12-10-23)22-19(24)8-3-14-1-4-15(21)5-2-14/h1-8,13H,9-12H2,(H,22,24)/b8-3+. The third-order valence-corrected chi connectivity index (χ3v) is 4.75. The molecule has 1 aliphatic rings. The number of morpholine rings is 1. The first-order valence-corrected chi connectivity index (χ1v) is 9.16. The molecule has 1 aliphatic heterocycles. The molecule has 1 heterocycles. The van der Waals surface area contributed by atoms with Crippen LogP contribution in [0.25, 0.3) is 6.08 Å². The molecule has 0 aromatic heterocycles. The number of halogens is 2. The molecule has 2 aromatic rings. The summed E-state index contributed by atoms with van der Waals surface area (Å²) in [6.45, 7) is 3.21. The minimum Gasteiger partial charge on any atom is -0.378 e. The number of hydrogen-bond donors (Lipinski definition) is 1. The Hall–Kier alpha value is -1.82. The predicted octanol–water partition coefficient (Wildman–Crippen LogP) is 4.59. The van der Waals surface area contributed by atoms with Crippen molar-refractivity contribution in [2.75, 3.05) is 36.5 Å². The average molecular weight is 422 g/mol. The van der Waals surface area contributed by atoms with Crippen LogP contribution in [0.5, 0.6) is 0 Å². The zero-order valence-corrected chi connectivity index (χ0v) is 15.9. The molecule has 0 saturated carbocycles. The Morgan fingerprint density at radius 3 is 2.56 bits per heavy atom. The minimum atomic E-state index is -0.180. The lowest BCUT2D eigenvalue weighted by Crippen LogP contribution is -2.36. The zero-order valence-electron chi connectivity index (χ0n) is 13.5. The van der Waals surface area contributed by atoms with Crippen molar-refractivity contribution in [2.24, 2.45) is 0 Å². The van der Waals surface area contributed by atoms with Gasteiger partial charge in [0.2, 0.25) is 5.91 Å². The van der Waals surface area contributed by atoms with Gasteiger partial charge in [-0.3, -0.25) is 4.79 Å². The molecular formula is C19H18BrClN2O2. The SMILES string of the molecule is O=C(/C=C/c1ccc(Cl)cc1)Nc1ccc(N2CCOCC2)c(Br)c1. The van der Waals surface area contributed by atoms with Crippen molar-refractivity contribution in [3.8, 4) is 0 Å². The topological polar surface area (TPSA) is 41.6 Å². The normalized spacial score (nSPS) is 14.7. The summed E-state index contributed by atoms with van der Waals surface area (Å²) in [6, 6.07) is 13.1. The smallest absolute Gasteiger partial charge is 0.248 e. The number of amides is 1. The lowest BCUT2D eigenvalue weighted by atomic mass is 10.2. The third-order valence-electron chi connectivity index (χ3n) is 3.86. The summed E-state index contributed by atoms with van der Waals surface area (Å²) in [7, 11) is 0. The lowest BCUT2D eigenvalue weighted by Gasteiger charge is -2.29. The van der Waals surface area contributed by atoms with E-state index in [0.717, 1.165) is 47.7 Å². The Morgan fingerprint density at radius 1 is 1.16 bits per heavy atom. The highest BCUT2D eigenvalue weighted by atomic mass is 79.9. The summed E-state index contributed by atoms with van der Waals surface area (Å²) in [5, 5.41) is 3.54. The number of nitrogens with one attached hydrogen (secondary N) is 1. The van der Waals surface area contributed by atoms with Gasteiger partial charge in [0.25, 0.3) is 0 Å². The van der Waals surface area contributed by atoms with E-state index in [1.807, 2.05) is 30.3 Å². The first-order chi connectivity index (χ1) is 12.1. The van der Waals surface area contributed by atoms with E-state index in [4.69, 9.17) is 16.3 Å². The number of hydrogen-bond acceptors (Lipinski definition) is 3. The van der Waals surface area contributed by atoms with Crippen molar-refractivity contribution < 1.29 is 9.53 Å². The Morgan fingerprint density at radius 2 is 1.88 bits per heavy atom. The summed E-state index contributed by atoms with van der Waals surface area (Å²) < 4.78 is 6.33. The number of carbonyl (C=O) groups excluding carboxylic acids is 1. The Balaban J connectivity index is 1.63. The van der Waals surface area contributed by atoms with Crippen molar-refractivity contribution in [3.63, 3.8) is 0 Å². The minimum absolute atomic E-state index is 0.180. The molecule has 1 saturated heterocycles. The van der Waals surface area contributed by atoms with E-state index in [2.05, 4.69) is 26.1 Å². The van der Waals surface area contributed by atoms with Crippen LogP contribution in [0.3, 0.4) is 0 Å². The van der Waals surface area contributed by atoms with Gasteiger partial charge in [-0.05, 0) is 57.9 Å². The first-order valence-electron chi connectivity index (χ1n) is 7.99. The Bertz CT molecular complexity index is 771. The highest BCUT2D eigenvalue weighted by Gasteiger charge is 2.14. The maximum atomic E-state index is 12.1. The second-order valence-corrected chi connectivity index (χ2v) is 6.93. The van der Waals surface area contributed by atoms with Gasteiger partial charge in [0.1, 0.15) is 0 Å². The second kappa shape index (κ2) is 8.52. The van der Waals surface area contributed by atoms with Crippen LogP contribution in [0.1, 0.15) is 5.56 Å². The molecule has 0 aliphatic carbocycles. The summed E-state index contributed by atoms with van der Waals surface area (Å²) in [6.07, 6.45) is 3.26. The highest BCUT2D eigenvalue weighted by Crippen LogP contribution is 2.29. The molecule has 130 valence electrons. The van der Waals surface area contributed by atoms with Gasteiger partial charge in [0.15, 0.2) is 0 Å². The number of nitrogens with zero attached hydrogens (tertiary/aromatic N) is 1.